The predicted octanol–water partition coefficient (Wildman–Crippen LogP) is 0.370. The van der Waals surface area contributed by atoms with Crippen molar-refractivity contribution in [1.82, 2.24) is 9.44 Å². The van der Waals surface area contributed by atoms with Crippen LogP contribution in [0.1, 0.15) is 39.5 Å². The fourth-order valence-electron chi connectivity index (χ4n) is 1.77. The van der Waals surface area contributed by atoms with Crippen LogP contribution in [-0.4, -0.2) is 32.2 Å². The van der Waals surface area contributed by atoms with Gasteiger partial charge in [0.2, 0.25) is 0 Å². The summed E-state index contributed by atoms with van der Waals surface area (Å²) in [5, 5.41) is 9.65. The van der Waals surface area contributed by atoms with E-state index in [0.29, 0.717) is 19.4 Å². The van der Waals surface area contributed by atoms with Crippen LogP contribution >= 0.6 is 0 Å². The molecule has 0 aromatic carbocycles. The average Bonchev–Trinajstić information content (AvgIpc) is 2.19. The lowest BCUT2D eigenvalue weighted by Gasteiger charge is -2.28. The van der Waals surface area contributed by atoms with Gasteiger partial charge in [-0.15, -0.1) is 0 Å². The van der Waals surface area contributed by atoms with Gasteiger partial charge in [0.25, 0.3) is 10.2 Å². The molecule has 1 rings (SSSR count). The quantitative estimate of drug-likeness (QED) is 0.659. The Morgan fingerprint density at radius 1 is 1.31 bits per heavy atom. The smallest absolute Gasteiger partial charge is 0.277 e. The molecule has 3 N–H and O–H groups in total. The van der Waals surface area contributed by atoms with Crippen molar-refractivity contribution >= 4 is 10.2 Å². The number of aliphatic hydroxyl groups is 1. The number of aliphatic hydroxyl groups excluding tert-OH is 1. The highest BCUT2D eigenvalue weighted by molar-refractivity contribution is 7.87. The van der Waals surface area contributed by atoms with E-state index in [9.17, 15) is 13.5 Å². The number of rotatable bonds is 5. The molecule has 0 aromatic heterocycles. The van der Waals surface area contributed by atoms with E-state index in [1.807, 2.05) is 13.8 Å². The minimum Gasteiger partial charge on any atom is -0.391 e. The Balaban J connectivity index is 2.44. The molecule has 5 nitrogen and oxygen atoms in total. The van der Waals surface area contributed by atoms with Crippen LogP contribution in [0, 0.1) is 5.92 Å². The molecule has 0 heterocycles. The number of hydrogen-bond acceptors (Lipinski definition) is 3. The van der Waals surface area contributed by atoms with E-state index in [0.717, 1.165) is 12.8 Å². The zero-order chi connectivity index (χ0) is 12.2. The van der Waals surface area contributed by atoms with Gasteiger partial charge in [-0.3, -0.25) is 0 Å². The molecule has 0 spiro atoms. The fourth-order valence-corrected chi connectivity index (χ4v) is 3.08. The van der Waals surface area contributed by atoms with Crippen LogP contribution < -0.4 is 9.44 Å². The van der Waals surface area contributed by atoms with E-state index in [1.165, 1.54) is 0 Å². The summed E-state index contributed by atoms with van der Waals surface area (Å²) >= 11 is 0. The maximum absolute atomic E-state index is 11.6. The van der Waals surface area contributed by atoms with Gasteiger partial charge in [0.05, 0.1) is 6.10 Å². The fraction of sp³-hybridized carbons (Fsp3) is 1.00. The third-order valence-corrected chi connectivity index (χ3v) is 3.88. The van der Waals surface area contributed by atoms with Crippen LogP contribution in [0.5, 0.6) is 0 Å². The maximum Gasteiger partial charge on any atom is 0.277 e. The molecule has 1 aliphatic rings. The highest BCUT2D eigenvalue weighted by Crippen LogP contribution is 2.18. The summed E-state index contributed by atoms with van der Waals surface area (Å²) in [6, 6.07) is -0.335. The summed E-state index contributed by atoms with van der Waals surface area (Å²) in [4.78, 5) is 0. The summed E-state index contributed by atoms with van der Waals surface area (Å²) in [6.45, 7) is 4.30. The van der Waals surface area contributed by atoms with Gasteiger partial charge in [0, 0.05) is 12.6 Å². The van der Waals surface area contributed by atoms with Crippen LogP contribution in [0.3, 0.4) is 0 Å². The van der Waals surface area contributed by atoms with Crippen molar-refractivity contribution in [3.05, 3.63) is 0 Å². The first-order valence-electron chi connectivity index (χ1n) is 5.85. The molecule has 0 aromatic rings. The molecular formula is C10H22N2O3S. The first-order chi connectivity index (χ1) is 7.41. The second-order valence-corrected chi connectivity index (χ2v) is 6.35. The monoisotopic (exact) mass is 250 g/mol. The normalized spacial score (nSPS) is 27.2. The van der Waals surface area contributed by atoms with E-state index >= 15 is 0 Å². The highest BCUT2D eigenvalue weighted by Gasteiger charge is 2.26. The second kappa shape index (κ2) is 5.95. The SMILES string of the molecule is CC(C)CNS(=O)(=O)NC1CCCCC1O. The van der Waals surface area contributed by atoms with Crippen LogP contribution in [0.2, 0.25) is 0 Å². The molecule has 1 fully saturated rings. The van der Waals surface area contributed by atoms with Gasteiger partial charge in [0.15, 0.2) is 0 Å². The first-order valence-corrected chi connectivity index (χ1v) is 7.34. The van der Waals surface area contributed by atoms with Gasteiger partial charge in [-0.1, -0.05) is 26.7 Å². The molecule has 0 saturated heterocycles. The van der Waals surface area contributed by atoms with Crippen molar-refractivity contribution in [3.63, 3.8) is 0 Å². The molecule has 0 radical (unpaired) electrons. The van der Waals surface area contributed by atoms with Crippen molar-refractivity contribution in [2.24, 2.45) is 5.92 Å². The molecular weight excluding hydrogens is 228 g/mol. The van der Waals surface area contributed by atoms with Crippen LogP contribution in [0.15, 0.2) is 0 Å². The number of nitrogens with one attached hydrogen (secondary N) is 2. The zero-order valence-corrected chi connectivity index (χ0v) is 10.8. The third-order valence-electron chi connectivity index (χ3n) is 2.72. The lowest BCUT2D eigenvalue weighted by Crippen LogP contribution is -2.49. The summed E-state index contributed by atoms with van der Waals surface area (Å²) in [7, 11) is -3.47. The van der Waals surface area contributed by atoms with Crippen LogP contribution in [0.25, 0.3) is 0 Å². The largest absolute Gasteiger partial charge is 0.391 e. The van der Waals surface area contributed by atoms with Crippen LogP contribution in [-0.2, 0) is 10.2 Å². The minimum atomic E-state index is -3.47. The van der Waals surface area contributed by atoms with Crippen molar-refractivity contribution in [2.45, 2.75) is 51.7 Å². The summed E-state index contributed by atoms with van der Waals surface area (Å²) in [6.07, 6.45) is 2.78. The van der Waals surface area contributed by atoms with Crippen molar-refractivity contribution in [1.29, 1.82) is 0 Å². The summed E-state index contributed by atoms with van der Waals surface area (Å²) in [5.41, 5.74) is 0. The van der Waals surface area contributed by atoms with E-state index in [-0.39, 0.29) is 12.0 Å². The molecule has 6 heteroatoms. The molecule has 1 saturated carbocycles. The Morgan fingerprint density at radius 3 is 2.50 bits per heavy atom. The Labute approximate surface area is 97.8 Å². The lowest BCUT2D eigenvalue weighted by molar-refractivity contribution is 0.101. The average molecular weight is 250 g/mol. The van der Waals surface area contributed by atoms with Gasteiger partial charge in [-0.05, 0) is 18.8 Å². The van der Waals surface area contributed by atoms with Gasteiger partial charge in [-0.25, -0.2) is 4.72 Å². The Bertz CT molecular complexity index is 303. The summed E-state index contributed by atoms with van der Waals surface area (Å²) < 4.78 is 28.2. The Kier molecular flexibility index (Phi) is 5.17. The molecule has 2 unspecified atom stereocenters. The van der Waals surface area contributed by atoms with E-state index in [4.69, 9.17) is 0 Å². The number of hydrogen-bond donors (Lipinski definition) is 3. The lowest BCUT2D eigenvalue weighted by atomic mass is 9.93. The summed E-state index contributed by atoms with van der Waals surface area (Å²) in [5.74, 6) is 0.271. The van der Waals surface area contributed by atoms with Crippen molar-refractivity contribution in [2.75, 3.05) is 6.54 Å². The molecule has 2 atom stereocenters. The van der Waals surface area contributed by atoms with Crippen molar-refractivity contribution < 1.29 is 13.5 Å². The third kappa shape index (κ3) is 4.78. The maximum atomic E-state index is 11.6. The van der Waals surface area contributed by atoms with E-state index < -0.39 is 16.3 Å². The van der Waals surface area contributed by atoms with Gasteiger partial charge in [0.1, 0.15) is 0 Å². The van der Waals surface area contributed by atoms with Crippen molar-refractivity contribution in [3.8, 4) is 0 Å². The predicted molar refractivity (Wildman–Crippen MR) is 63.2 cm³/mol. The van der Waals surface area contributed by atoms with Gasteiger partial charge < -0.3 is 5.11 Å². The standard InChI is InChI=1S/C10H22N2O3S/c1-8(2)7-11-16(14,15)12-9-5-3-4-6-10(9)13/h8-13H,3-7H2,1-2H3. The second-order valence-electron chi connectivity index (χ2n) is 4.82. The van der Waals surface area contributed by atoms with E-state index in [1.54, 1.807) is 0 Å². The van der Waals surface area contributed by atoms with Crippen LogP contribution in [0.4, 0.5) is 0 Å². The highest BCUT2D eigenvalue weighted by atomic mass is 32.2. The molecule has 16 heavy (non-hydrogen) atoms. The molecule has 0 aliphatic heterocycles. The molecule has 1 aliphatic carbocycles. The van der Waals surface area contributed by atoms with Gasteiger partial charge >= 0.3 is 0 Å². The van der Waals surface area contributed by atoms with Gasteiger partial charge in [-0.2, -0.15) is 13.1 Å². The molecule has 0 bridgehead atoms. The van der Waals surface area contributed by atoms with E-state index in [2.05, 4.69) is 9.44 Å². The Morgan fingerprint density at radius 2 is 1.94 bits per heavy atom. The minimum absolute atomic E-state index is 0.271. The topological polar surface area (TPSA) is 78.4 Å². The molecule has 96 valence electrons. The zero-order valence-electron chi connectivity index (χ0n) is 9.94. The Hall–Kier alpha value is -0.170. The molecule has 0 amide bonds. The first kappa shape index (κ1) is 13.9.